The maximum absolute atomic E-state index is 5.33. The van der Waals surface area contributed by atoms with Gasteiger partial charge in [0, 0.05) is 27.5 Å². The van der Waals surface area contributed by atoms with Gasteiger partial charge in [0.1, 0.15) is 0 Å². The molecule has 2 nitrogen and oxygen atoms in total. The zero-order valence-corrected chi connectivity index (χ0v) is 33.2. The topological polar surface area (TPSA) is 25.8 Å². The second kappa shape index (κ2) is 12.8. The van der Waals surface area contributed by atoms with Gasteiger partial charge in [-0.25, -0.2) is 9.97 Å². The van der Waals surface area contributed by atoms with Crippen LogP contribution in [0.2, 0.25) is 0 Å². The highest BCUT2D eigenvalue weighted by Gasteiger charge is 2.38. The molecule has 2 heteroatoms. The Hall–Kier alpha value is -6.90. The molecule has 1 heterocycles. The number of hydrogen-bond donors (Lipinski definition) is 0. The average Bonchev–Trinajstić information content (AvgIpc) is 3.64. The molecule has 1 aromatic heterocycles. The summed E-state index contributed by atoms with van der Waals surface area (Å²) in [5, 5.41) is 2.52. The first-order chi connectivity index (χ1) is 28.3. The van der Waals surface area contributed by atoms with Gasteiger partial charge >= 0.3 is 0 Å². The lowest BCUT2D eigenvalue weighted by atomic mass is 9.81. The van der Waals surface area contributed by atoms with Crippen LogP contribution in [0.1, 0.15) is 49.9 Å². The van der Waals surface area contributed by atoms with Crippen LogP contribution in [0.5, 0.6) is 0 Å². The SMILES string of the molecule is CC1(C)c2cc(-c3cccc(-c4cc(-c5cccc6c5-c5cc7ccccc7cc5C6(C)C)nc(-c5ccccc5)n4)c3)ccc2-c2c(-c3ccccc3)cccc21. The third kappa shape index (κ3) is 5.25. The van der Waals surface area contributed by atoms with Gasteiger partial charge in [-0.15, -0.1) is 0 Å². The molecule has 11 rings (SSSR count). The zero-order valence-electron chi connectivity index (χ0n) is 33.2. The molecule has 0 aliphatic heterocycles. The normalized spacial score (nSPS) is 14.1. The van der Waals surface area contributed by atoms with Gasteiger partial charge in [-0.3, -0.25) is 0 Å². The molecule has 0 saturated carbocycles. The molecule has 0 amide bonds. The largest absolute Gasteiger partial charge is 0.228 e. The summed E-state index contributed by atoms with van der Waals surface area (Å²) in [5.41, 5.74) is 20.3. The standard InChI is InChI=1S/C56H42N2/c1-55(2)46-26-14-24-42(35-16-7-5-8-17-35)52(46)43-29-28-40(33-48(43)55)37-22-13-23-41(30-37)50-34-51(58-54(57-50)36-18-9-6-10-19-36)44-25-15-27-47-53(44)45-31-38-20-11-12-21-39(38)32-49(45)56(47,3)4/h5-34H,1-4H3. The van der Waals surface area contributed by atoms with Crippen LogP contribution >= 0.6 is 0 Å². The van der Waals surface area contributed by atoms with E-state index in [0.717, 1.165) is 33.9 Å². The fourth-order valence-corrected chi connectivity index (χ4v) is 9.82. The monoisotopic (exact) mass is 742 g/mol. The predicted molar refractivity (Wildman–Crippen MR) is 242 cm³/mol. The highest BCUT2D eigenvalue weighted by atomic mass is 14.9. The lowest BCUT2D eigenvalue weighted by molar-refractivity contribution is 0.660. The van der Waals surface area contributed by atoms with E-state index in [0.29, 0.717) is 0 Å². The van der Waals surface area contributed by atoms with E-state index in [-0.39, 0.29) is 10.8 Å². The Bertz CT molecular complexity index is 3100. The van der Waals surface area contributed by atoms with Gasteiger partial charge in [0.2, 0.25) is 0 Å². The Kier molecular flexibility index (Phi) is 7.59. The Labute approximate surface area is 340 Å². The second-order valence-electron chi connectivity index (χ2n) is 17.0. The predicted octanol–water partition coefficient (Wildman–Crippen LogP) is 14.6. The Morgan fingerprint density at radius 2 is 0.845 bits per heavy atom. The van der Waals surface area contributed by atoms with Crippen LogP contribution in [0.15, 0.2) is 182 Å². The van der Waals surface area contributed by atoms with Crippen LogP contribution in [-0.2, 0) is 10.8 Å². The zero-order chi connectivity index (χ0) is 39.2. The minimum atomic E-state index is -0.147. The molecule has 0 unspecified atom stereocenters. The second-order valence-corrected chi connectivity index (χ2v) is 17.0. The quantitative estimate of drug-likeness (QED) is 0.175. The molecule has 58 heavy (non-hydrogen) atoms. The highest BCUT2D eigenvalue weighted by molar-refractivity contribution is 5.99. The molecule has 0 fully saturated rings. The van der Waals surface area contributed by atoms with Crippen molar-refractivity contribution in [3.8, 4) is 78.4 Å². The average molecular weight is 743 g/mol. The van der Waals surface area contributed by atoms with Crippen LogP contribution in [0, 0.1) is 0 Å². The van der Waals surface area contributed by atoms with E-state index in [9.17, 15) is 0 Å². The van der Waals surface area contributed by atoms with Crippen LogP contribution in [0.3, 0.4) is 0 Å². The van der Waals surface area contributed by atoms with Crippen molar-refractivity contribution in [2.75, 3.05) is 0 Å². The van der Waals surface area contributed by atoms with Crippen LogP contribution in [0.4, 0.5) is 0 Å². The molecule has 0 bridgehead atoms. The summed E-state index contributed by atoms with van der Waals surface area (Å²) in [4.78, 5) is 10.6. The van der Waals surface area contributed by atoms with Crippen molar-refractivity contribution in [1.82, 2.24) is 9.97 Å². The lowest BCUT2D eigenvalue weighted by Gasteiger charge is -2.22. The van der Waals surface area contributed by atoms with Gasteiger partial charge < -0.3 is 0 Å². The first kappa shape index (κ1) is 34.4. The summed E-state index contributed by atoms with van der Waals surface area (Å²) < 4.78 is 0. The molecule has 0 saturated heterocycles. The van der Waals surface area contributed by atoms with E-state index >= 15 is 0 Å². The van der Waals surface area contributed by atoms with E-state index in [2.05, 4.69) is 204 Å². The van der Waals surface area contributed by atoms with Crippen molar-refractivity contribution in [3.05, 3.63) is 204 Å². The molecule has 0 spiro atoms. The molecular formula is C56H42N2. The van der Waals surface area contributed by atoms with Crippen LogP contribution in [-0.4, -0.2) is 9.97 Å². The van der Waals surface area contributed by atoms with Crippen molar-refractivity contribution in [3.63, 3.8) is 0 Å². The van der Waals surface area contributed by atoms with Gasteiger partial charge in [0.15, 0.2) is 5.82 Å². The van der Waals surface area contributed by atoms with Gasteiger partial charge in [-0.1, -0.05) is 179 Å². The summed E-state index contributed by atoms with van der Waals surface area (Å²) in [6, 6.07) is 66.3. The van der Waals surface area contributed by atoms with E-state index in [1.165, 1.54) is 77.5 Å². The lowest BCUT2D eigenvalue weighted by Crippen LogP contribution is -2.15. The van der Waals surface area contributed by atoms with Crippen molar-refractivity contribution < 1.29 is 0 Å². The molecule has 0 radical (unpaired) electrons. The van der Waals surface area contributed by atoms with Gasteiger partial charge in [-0.05, 0) is 108 Å². The number of rotatable bonds is 5. The number of benzene rings is 8. The number of hydrogen-bond acceptors (Lipinski definition) is 2. The van der Waals surface area contributed by atoms with Crippen molar-refractivity contribution >= 4 is 10.8 Å². The summed E-state index contributed by atoms with van der Waals surface area (Å²) in [6.45, 7) is 9.43. The summed E-state index contributed by atoms with van der Waals surface area (Å²) >= 11 is 0. The molecule has 0 atom stereocenters. The molecule has 9 aromatic rings. The van der Waals surface area contributed by atoms with Gasteiger partial charge in [0.25, 0.3) is 0 Å². The summed E-state index contributed by atoms with van der Waals surface area (Å²) in [7, 11) is 0. The van der Waals surface area contributed by atoms with Crippen LogP contribution in [0.25, 0.3) is 89.2 Å². The van der Waals surface area contributed by atoms with Crippen molar-refractivity contribution in [2.24, 2.45) is 0 Å². The van der Waals surface area contributed by atoms with Crippen molar-refractivity contribution in [2.45, 2.75) is 38.5 Å². The van der Waals surface area contributed by atoms with Crippen molar-refractivity contribution in [1.29, 1.82) is 0 Å². The minimum Gasteiger partial charge on any atom is -0.228 e. The summed E-state index contributed by atoms with van der Waals surface area (Å²) in [6.07, 6.45) is 0. The Morgan fingerprint density at radius 1 is 0.310 bits per heavy atom. The smallest absolute Gasteiger partial charge is 0.160 e. The molecule has 8 aromatic carbocycles. The maximum Gasteiger partial charge on any atom is 0.160 e. The molecule has 2 aliphatic carbocycles. The molecule has 0 N–H and O–H groups in total. The fraction of sp³-hybridized carbons (Fsp3) is 0.107. The molecular weight excluding hydrogens is 701 g/mol. The first-order valence-electron chi connectivity index (χ1n) is 20.3. The van der Waals surface area contributed by atoms with E-state index in [1.807, 2.05) is 6.07 Å². The third-order valence-electron chi connectivity index (χ3n) is 12.9. The maximum atomic E-state index is 5.33. The number of aromatic nitrogens is 2. The minimum absolute atomic E-state index is 0.134. The van der Waals surface area contributed by atoms with E-state index in [4.69, 9.17) is 9.97 Å². The summed E-state index contributed by atoms with van der Waals surface area (Å²) in [5.74, 6) is 0.721. The van der Waals surface area contributed by atoms with E-state index in [1.54, 1.807) is 0 Å². The van der Waals surface area contributed by atoms with Crippen LogP contribution < -0.4 is 0 Å². The van der Waals surface area contributed by atoms with Gasteiger partial charge in [0.05, 0.1) is 11.4 Å². The van der Waals surface area contributed by atoms with Gasteiger partial charge in [-0.2, -0.15) is 0 Å². The Morgan fingerprint density at radius 3 is 1.57 bits per heavy atom. The molecule has 276 valence electrons. The first-order valence-corrected chi connectivity index (χ1v) is 20.3. The number of fused-ring (bicyclic) bond motifs is 7. The third-order valence-corrected chi connectivity index (χ3v) is 12.9. The molecule has 2 aliphatic rings. The Balaban J connectivity index is 1.05. The van der Waals surface area contributed by atoms with E-state index < -0.39 is 0 Å². The number of nitrogens with zero attached hydrogens (tertiary/aromatic N) is 2. The fourth-order valence-electron chi connectivity index (χ4n) is 9.82. The highest BCUT2D eigenvalue weighted by Crippen LogP contribution is 2.54.